The smallest absolute Gasteiger partial charge is 0.308 e. The molecule has 0 aliphatic carbocycles. The molecule has 0 aromatic heterocycles. The standard InChI is InChI=1S/C33H58O12/c1-2-3-4-5-6-7-8-9-10-11-12-13-14-15-16-20-29(38)43-24-33(23-34,26-45-31(40)22-27(35)32(41)42)25-44-30(39)21-18-17-19-28(36)37/h27,34-35H,2-26H2,1H3,(H,36,37)(H,41,42)/p-2. The third-order valence-corrected chi connectivity index (χ3v) is 7.58. The van der Waals surface area contributed by atoms with Gasteiger partial charge in [0.2, 0.25) is 0 Å². The van der Waals surface area contributed by atoms with Crippen LogP contribution >= 0.6 is 0 Å². The Hall–Kier alpha value is -2.73. The van der Waals surface area contributed by atoms with Gasteiger partial charge < -0.3 is 44.2 Å². The summed E-state index contributed by atoms with van der Waals surface area (Å²) >= 11 is 0. The first-order valence-electron chi connectivity index (χ1n) is 16.7. The number of carbonyl (C=O) groups is 5. The van der Waals surface area contributed by atoms with Crippen molar-refractivity contribution in [2.75, 3.05) is 26.4 Å². The van der Waals surface area contributed by atoms with Crippen LogP contribution in [0.4, 0.5) is 0 Å². The zero-order valence-corrected chi connectivity index (χ0v) is 27.2. The molecule has 2 atom stereocenters. The van der Waals surface area contributed by atoms with Crippen LogP contribution in [0.3, 0.4) is 0 Å². The summed E-state index contributed by atoms with van der Waals surface area (Å²) in [4.78, 5) is 57.7. The van der Waals surface area contributed by atoms with Gasteiger partial charge in [-0.2, -0.15) is 0 Å². The van der Waals surface area contributed by atoms with Crippen molar-refractivity contribution in [1.82, 2.24) is 0 Å². The maximum Gasteiger partial charge on any atom is 0.308 e. The molecule has 0 amide bonds. The van der Waals surface area contributed by atoms with Gasteiger partial charge in [0.25, 0.3) is 0 Å². The second-order valence-electron chi connectivity index (χ2n) is 12.0. The molecular weight excluding hydrogens is 588 g/mol. The van der Waals surface area contributed by atoms with E-state index in [1.165, 1.54) is 70.6 Å². The lowest BCUT2D eigenvalue weighted by Gasteiger charge is -2.30. The van der Waals surface area contributed by atoms with E-state index in [2.05, 4.69) is 6.92 Å². The Kier molecular flexibility index (Phi) is 25.9. The van der Waals surface area contributed by atoms with Crippen LogP contribution in [0.1, 0.15) is 142 Å². The fraction of sp³-hybridized carbons (Fsp3) is 0.848. The van der Waals surface area contributed by atoms with Gasteiger partial charge in [-0.1, -0.05) is 96.8 Å². The number of carboxylic acid groups (broad SMARTS) is 2. The molecule has 0 aliphatic heterocycles. The Morgan fingerprint density at radius 3 is 1.31 bits per heavy atom. The number of ether oxygens (including phenoxy) is 3. The molecular formula is C33H56O12-2. The van der Waals surface area contributed by atoms with Crippen LogP contribution in [-0.2, 0) is 38.2 Å². The first-order chi connectivity index (χ1) is 21.5. The van der Waals surface area contributed by atoms with Gasteiger partial charge in [0, 0.05) is 18.8 Å². The fourth-order valence-electron chi connectivity index (χ4n) is 4.59. The average molecular weight is 645 g/mol. The fourth-order valence-corrected chi connectivity index (χ4v) is 4.59. The lowest BCUT2D eigenvalue weighted by Crippen LogP contribution is -2.43. The first kappa shape index (κ1) is 42.3. The molecule has 0 aliphatic rings. The zero-order valence-electron chi connectivity index (χ0n) is 27.2. The Morgan fingerprint density at radius 2 is 0.933 bits per heavy atom. The Bertz CT molecular complexity index is 831. The molecule has 0 saturated carbocycles. The summed E-state index contributed by atoms with van der Waals surface area (Å²) < 4.78 is 15.5. The molecule has 0 saturated heterocycles. The highest BCUT2D eigenvalue weighted by Gasteiger charge is 2.35. The van der Waals surface area contributed by atoms with Gasteiger partial charge in [-0.05, 0) is 25.7 Å². The van der Waals surface area contributed by atoms with E-state index in [0.717, 1.165) is 19.3 Å². The Balaban J connectivity index is 4.47. The van der Waals surface area contributed by atoms with Gasteiger partial charge >= 0.3 is 17.9 Å². The largest absolute Gasteiger partial charge is 0.550 e. The number of hydrogen-bond donors (Lipinski definition) is 2. The Morgan fingerprint density at radius 1 is 0.578 bits per heavy atom. The number of rotatable bonds is 31. The molecule has 2 unspecified atom stereocenters. The molecule has 0 spiro atoms. The van der Waals surface area contributed by atoms with Crippen molar-refractivity contribution in [3.8, 4) is 0 Å². The van der Waals surface area contributed by atoms with Gasteiger partial charge in [-0.25, -0.2) is 0 Å². The molecule has 0 heterocycles. The van der Waals surface area contributed by atoms with Crippen LogP contribution in [0.15, 0.2) is 0 Å². The molecule has 0 aromatic rings. The summed E-state index contributed by atoms with van der Waals surface area (Å²) in [6.07, 6.45) is 15.2. The molecule has 0 fully saturated rings. The van der Waals surface area contributed by atoms with Gasteiger partial charge in [-0.15, -0.1) is 0 Å². The van der Waals surface area contributed by atoms with Crippen molar-refractivity contribution < 1.29 is 58.6 Å². The van der Waals surface area contributed by atoms with Gasteiger partial charge in [0.05, 0.1) is 24.4 Å². The summed E-state index contributed by atoms with van der Waals surface area (Å²) in [6, 6.07) is 0. The predicted octanol–water partition coefficient (Wildman–Crippen LogP) is 2.67. The first-order valence-corrected chi connectivity index (χ1v) is 16.7. The maximum absolute atomic E-state index is 12.4. The van der Waals surface area contributed by atoms with Gasteiger partial charge in [0.1, 0.15) is 25.9 Å². The van der Waals surface area contributed by atoms with Crippen LogP contribution < -0.4 is 10.2 Å². The number of carboxylic acids is 2. The maximum atomic E-state index is 12.4. The molecule has 2 N–H and O–H groups in total. The normalized spacial score (nSPS) is 13.0. The summed E-state index contributed by atoms with van der Waals surface area (Å²) in [6.45, 7) is -0.0184. The van der Waals surface area contributed by atoms with E-state index >= 15 is 0 Å². The van der Waals surface area contributed by atoms with Crippen LogP contribution in [0.25, 0.3) is 0 Å². The van der Waals surface area contributed by atoms with E-state index in [1.807, 2.05) is 0 Å². The highest BCUT2D eigenvalue weighted by atomic mass is 16.6. The summed E-state index contributed by atoms with van der Waals surface area (Å²) in [5, 5.41) is 40.6. The van der Waals surface area contributed by atoms with Crippen LogP contribution in [0.5, 0.6) is 0 Å². The van der Waals surface area contributed by atoms with Gasteiger partial charge in [0.15, 0.2) is 0 Å². The number of aliphatic hydroxyl groups is 2. The van der Waals surface area contributed by atoms with E-state index < -0.39 is 74.2 Å². The molecule has 45 heavy (non-hydrogen) atoms. The van der Waals surface area contributed by atoms with E-state index in [9.17, 15) is 44.4 Å². The second kappa shape index (κ2) is 27.6. The summed E-state index contributed by atoms with van der Waals surface area (Å²) in [7, 11) is 0. The van der Waals surface area contributed by atoms with Crippen molar-refractivity contribution in [3.05, 3.63) is 0 Å². The van der Waals surface area contributed by atoms with Crippen LogP contribution in [0, 0.1) is 5.41 Å². The van der Waals surface area contributed by atoms with Crippen molar-refractivity contribution in [2.24, 2.45) is 5.41 Å². The number of carbonyl (C=O) groups excluding carboxylic acids is 5. The quantitative estimate of drug-likeness (QED) is 0.0636. The van der Waals surface area contributed by atoms with Crippen molar-refractivity contribution in [3.63, 3.8) is 0 Å². The molecule has 0 aromatic carbocycles. The number of unbranched alkanes of at least 4 members (excludes halogenated alkanes) is 15. The van der Waals surface area contributed by atoms with Gasteiger partial charge in [-0.3, -0.25) is 14.4 Å². The molecule has 12 nitrogen and oxygen atoms in total. The molecule has 262 valence electrons. The summed E-state index contributed by atoms with van der Waals surface area (Å²) in [5.74, 6) is -5.44. The monoisotopic (exact) mass is 644 g/mol. The molecule has 0 rings (SSSR count). The minimum absolute atomic E-state index is 0.106. The average Bonchev–Trinajstić information content (AvgIpc) is 3.00. The van der Waals surface area contributed by atoms with E-state index in [0.29, 0.717) is 6.42 Å². The topological polar surface area (TPSA) is 200 Å². The molecule has 12 heteroatoms. The highest BCUT2D eigenvalue weighted by molar-refractivity contribution is 5.79. The lowest BCUT2D eigenvalue weighted by atomic mass is 9.92. The SMILES string of the molecule is CCCCCCCCCCCCCCCCCC(=O)OCC(CO)(COC(=O)CCCCC(=O)[O-])COC(=O)CC(O)C(=O)[O-]. The molecule has 0 radical (unpaired) electrons. The lowest BCUT2D eigenvalue weighted by molar-refractivity contribution is -0.315. The van der Waals surface area contributed by atoms with Crippen LogP contribution in [-0.4, -0.2) is 72.6 Å². The number of aliphatic hydroxyl groups excluding tert-OH is 2. The predicted molar refractivity (Wildman–Crippen MR) is 161 cm³/mol. The van der Waals surface area contributed by atoms with Crippen molar-refractivity contribution in [2.45, 2.75) is 148 Å². The van der Waals surface area contributed by atoms with E-state index in [-0.39, 0.29) is 32.1 Å². The van der Waals surface area contributed by atoms with E-state index in [1.54, 1.807) is 0 Å². The van der Waals surface area contributed by atoms with E-state index in [4.69, 9.17) is 14.2 Å². The minimum atomic E-state index is -2.09. The third kappa shape index (κ3) is 25.2. The third-order valence-electron chi connectivity index (χ3n) is 7.58. The highest BCUT2D eigenvalue weighted by Crippen LogP contribution is 2.21. The summed E-state index contributed by atoms with van der Waals surface area (Å²) in [5.41, 5.74) is -1.53. The number of hydrogen-bond acceptors (Lipinski definition) is 12. The zero-order chi connectivity index (χ0) is 33.8. The molecule has 0 bridgehead atoms. The van der Waals surface area contributed by atoms with Crippen molar-refractivity contribution >= 4 is 29.8 Å². The number of aliphatic carboxylic acids is 2. The Labute approximate surface area is 268 Å². The van der Waals surface area contributed by atoms with Crippen molar-refractivity contribution in [1.29, 1.82) is 0 Å². The number of esters is 3. The second-order valence-corrected chi connectivity index (χ2v) is 12.0. The van der Waals surface area contributed by atoms with Crippen LogP contribution in [0.2, 0.25) is 0 Å². The minimum Gasteiger partial charge on any atom is -0.550 e.